The van der Waals surface area contributed by atoms with E-state index in [1.165, 1.54) is 22.2 Å². The van der Waals surface area contributed by atoms with Gasteiger partial charge in [0.2, 0.25) is 0 Å². The molecule has 0 saturated carbocycles. The fourth-order valence-electron chi connectivity index (χ4n) is 2.65. The lowest BCUT2D eigenvalue weighted by atomic mass is 9.98. The van der Waals surface area contributed by atoms with Gasteiger partial charge < -0.3 is 5.32 Å². The molecule has 2 aromatic heterocycles. The van der Waals surface area contributed by atoms with Gasteiger partial charge in [-0.05, 0) is 36.6 Å². The van der Waals surface area contributed by atoms with Gasteiger partial charge in [-0.2, -0.15) is 0 Å². The van der Waals surface area contributed by atoms with Crippen molar-refractivity contribution in [2.75, 3.05) is 13.1 Å². The van der Waals surface area contributed by atoms with Gasteiger partial charge in [0.15, 0.2) is 4.96 Å². The summed E-state index contributed by atoms with van der Waals surface area (Å²) in [5, 5.41) is 3.43. The van der Waals surface area contributed by atoms with Crippen LogP contribution in [0.2, 0.25) is 0 Å². The third-order valence-electron chi connectivity index (χ3n) is 3.58. The summed E-state index contributed by atoms with van der Waals surface area (Å²) in [6.45, 7) is 2.27. The van der Waals surface area contributed by atoms with E-state index in [9.17, 15) is 0 Å². The summed E-state index contributed by atoms with van der Waals surface area (Å²) in [6.07, 6.45) is 5.15. The van der Waals surface area contributed by atoms with E-state index in [1.807, 2.05) is 12.4 Å². The van der Waals surface area contributed by atoms with Crippen LogP contribution in [-0.4, -0.2) is 22.5 Å². The zero-order valence-electron chi connectivity index (χ0n) is 9.39. The molecular weight excluding hydrogens is 230 g/mol. The molecule has 1 aliphatic heterocycles. The summed E-state index contributed by atoms with van der Waals surface area (Å²) >= 11 is 1.77. The maximum Gasteiger partial charge on any atom is 0.194 e. The molecule has 1 unspecified atom stereocenters. The summed E-state index contributed by atoms with van der Waals surface area (Å²) < 4.78 is 3.51. The second kappa shape index (κ2) is 3.55. The van der Waals surface area contributed by atoms with Crippen LogP contribution in [0.15, 0.2) is 30.6 Å². The second-order valence-electron chi connectivity index (χ2n) is 4.60. The number of imidazole rings is 1. The molecule has 1 fully saturated rings. The molecule has 3 aromatic rings. The Bertz CT molecular complexity index is 676. The van der Waals surface area contributed by atoms with Crippen molar-refractivity contribution in [1.29, 1.82) is 0 Å². The number of hydrogen-bond acceptors (Lipinski definition) is 3. The highest BCUT2D eigenvalue weighted by molar-refractivity contribution is 7.23. The molecule has 17 heavy (non-hydrogen) atoms. The first-order valence-electron chi connectivity index (χ1n) is 5.98. The summed E-state index contributed by atoms with van der Waals surface area (Å²) in [4.78, 5) is 5.44. The molecule has 86 valence electrons. The molecule has 0 bridgehead atoms. The van der Waals surface area contributed by atoms with Gasteiger partial charge in [-0.25, -0.2) is 4.98 Å². The van der Waals surface area contributed by atoms with Gasteiger partial charge in [0.25, 0.3) is 0 Å². The molecule has 1 aliphatic rings. The standard InChI is InChI=1S/C13H13N3S/c1-2-11-12(17-13-15-5-6-16(11)13)7-9(1)10-3-4-14-8-10/h1-2,5-7,10,14H,3-4,8H2. The van der Waals surface area contributed by atoms with Gasteiger partial charge in [-0.3, -0.25) is 4.40 Å². The van der Waals surface area contributed by atoms with E-state index in [-0.39, 0.29) is 0 Å². The number of nitrogens with one attached hydrogen (secondary N) is 1. The average Bonchev–Trinajstić information content (AvgIpc) is 3.04. The number of hydrogen-bond donors (Lipinski definition) is 1. The maximum absolute atomic E-state index is 4.35. The third-order valence-corrected chi connectivity index (χ3v) is 4.61. The second-order valence-corrected chi connectivity index (χ2v) is 5.61. The van der Waals surface area contributed by atoms with Crippen LogP contribution >= 0.6 is 11.3 Å². The highest BCUT2D eigenvalue weighted by Gasteiger charge is 2.17. The first-order chi connectivity index (χ1) is 8.42. The van der Waals surface area contributed by atoms with Crippen molar-refractivity contribution in [1.82, 2.24) is 14.7 Å². The van der Waals surface area contributed by atoms with Crippen LogP contribution < -0.4 is 5.32 Å². The minimum absolute atomic E-state index is 0.689. The zero-order chi connectivity index (χ0) is 11.2. The van der Waals surface area contributed by atoms with Gasteiger partial charge in [0.05, 0.1) is 10.2 Å². The summed E-state index contributed by atoms with van der Waals surface area (Å²) in [5.41, 5.74) is 2.74. The summed E-state index contributed by atoms with van der Waals surface area (Å²) in [7, 11) is 0. The third kappa shape index (κ3) is 1.41. The first-order valence-corrected chi connectivity index (χ1v) is 6.80. The Kier molecular flexibility index (Phi) is 2.01. The topological polar surface area (TPSA) is 29.3 Å². The molecule has 4 rings (SSSR count). The minimum Gasteiger partial charge on any atom is -0.316 e. The van der Waals surface area contributed by atoms with Crippen LogP contribution in [0.5, 0.6) is 0 Å². The van der Waals surface area contributed by atoms with E-state index in [0.717, 1.165) is 18.1 Å². The zero-order valence-corrected chi connectivity index (χ0v) is 10.2. The monoisotopic (exact) mass is 243 g/mol. The Hall–Kier alpha value is -1.39. The molecule has 1 saturated heterocycles. The van der Waals surface area contributed by atoms with Crippen LogP contribution in [0.3, 0.4) is 0 Å². The normalized spacial score (nSPS) is 20.6. The van der Waals surface area contributed by atoms with Crippen molar-refractivity contribution >= 4 is 26.5 Å². The lowest BCUT2D eigenvalue weighted by Gasteiger charge is -2.08. The van der Waals surface area contributed by atoms with Crippen LogP contribution in [-0.2, 0) is 0 Å². The van der Waals surface area contributed by atoms with Crippen LogP contribution in [0, 0.1) is 0 Å². The fraction of sp³-hybridized carbons (Fsp3) is 0.308. The van der Waals surface area contributed by atoms with Gasteiger partial charge in [0.1, 0.15) is 0 Å². The SMILES string of the molecule is c1cn2c(n1)sc1cc(C3CCNC3)ccc12. The molecular formula is C13H13N3S. The number of rotatable bonds is 1. The van der Waals surface area contributed by atoms with Gasteiger partial charge >= 0.3 is 0 Å². The van der Waals surface area contributed by atoms with Gasteiger partial charge in [-0.1, -0.05) is 17.4 Å². The highest BCUT2D eigenvalue weighted by Crippen LogP contribution is 2.30. The molecule has 0 radical (unpaired) electrons. The van der Waals surface area contributed by atoms with Crippen molar-refractivity contribution in [2.24, 2.45) is 0 Å². The van der Waals surface area contributed by atoms with Crippen molar-refractivity contribution in [2.45, 2.75) is 12.3 Å². The largest absolute Gasteiger partial charge is 0.316 e. The van der Waals surface area contributed by atoms with E-state index in [1.54, 1.807) is 11.3 Å². The highest BCUT2D eigenvalue weighted by atomic mass is 32.1. The van der Waals surface area contributed by atoms with E-state index < -0.39 is 0 Å². The molecule has 0 spiro atoms. The summed E-state index contributed by atoms with van der Waals surface area (Å²) in [6, 6.07) is 6.84. The van der Waals surface area contributed by atoms with Gasteiger partial charge in [0, 0.05) is 18.9 Å². The molecule has 3 nitrogen and oxygen atoms in total. The lowest BCUT2D eigenvalue weighted by Crippen LogP contribution is -2.07. The molecule has 3 heterocycles. The molecule has 0 amide bonds. The summed E-state index contributed by atoms with van der Waals surface area (Å²) in [5.74, 6) is 0.689. The van der Waals surface area contributed by atoms with Crippen molar-refractivity contribution in [3.05, 3.63) is 36.2 Å². The molecule has 1 aromatic carbocycles. The predicted octanol–water partition coefficient (Wildman–Crippen LogP) is 2.63. The van der Waals surface area contributed by atoms with E-state index in [0.29, 0.717) is 5.92 Å². The molecule has 4 heteroatoms. The average molecular weight is 243 g/mol. The van der Waals surface area contributed by atoms with Gasteiger partial charge in [-0.15, -0.1) is 0 Å². The molecule has 1 N–H and O–H groups in total. The number of nitrogens with zero attached hydrogens (tertiary/aromatic N) is 2. The van der Waals surface area contributed by atoms with Crippen LogP contribution in [0.25, 0.3) is 15.2 Å². The minimum atomic E-state index is 0.689. The number of benzene rings is 1. The Morgan fingerprint density at radius 1 is 1.41 bits per heavy atom. The molecule has 0 aliphatic carbocycles. The van der Waals surface area contributed by atoms with Crippen LogP contribution in [0.1, 0.15) is 17.9 Å². The van der Waals surface area contributed by atoms with Crippen molar-refractivity contribution in [3.63, 3.8) is 0 Å². The number of thiazole rings is 1. The fourth-order valence-corrected chi connectivity index (χ4v) is 3.69. The maximum atomic E-state index is 4.35. The van der Waals surface area contributed by atoms with E-state index >= 15 is 0 Å². The number of fused-ring (bicyclic) bond motifs is 3. The Morgan fingerprint density at radius 2 is 2.41 bits per heavy atom. The Balaban J connectivity index is 1.90. The van der Waals surface area contributed by atoms with E-state index in [4.69, 9.17) is 0 Å². The smallest absolute Gasteiger partial charge is 0.194 e. The Morgan fingerprint density at radius 3 is 3.29 bits per heavy atom. The van der Waals surface area contributed by atoms with Crippen molar-refractivity contribution in [3.8, 4) is 0 Å². The molecule has 1 atom stereocenters. The number of aromatic nitrogens is 2. The van der Waals surface area contributed by atoms with E-state index in [2.05, 4.69) is 32.9 Å². The van der Waals surface area contributed by atoms with Crippen LogP contribution in [0.4, 0.5) is 0 Å². The quantitative estimate of drug-likeness (QED) is 0.712. The predicted molar refractivity (Wildman–Crippen MR) is 70.8 cm³/mol. The Labute approximate surface area is 103 Å². The van der Waals surface area contributed by atoms with Crippen molar-refractivity contribution < 1.29 is 0 Å². The first kappa shape index (κ1) is 9.62. The lowest BCUT2D eigenvalue weighted by molar-refractivity contribution is 0.765.